The maximum Gasteiger partial charge on any atom is 0.290 e. The Morgan fingerprint density at radius 2 is 2.21 bits per heavy atom. The molecule has 0 unspecified atom stereocenters. The van der Waals surface area contributed by atoms with Crippen molar-refractivity contribution in [2.45, 2.75) is 6.42 Å². The first-order chi connectivity index (χ1) is 13.5. The zero-order chi connectivity index (χ0) is 19.7. The lowest BCUT2D eigenvalue weighted by Crippen LogP contribution is -2.22. The van der Waals surface area contributed by atoms with Crippen molar-refractivity contribution in [3.8, 4) is 16.3 Å². The van der Waals surface area contributed by atoms with Gasteiger partial charge in [0.2, 0.25) is 5.91 Å². The molecule has 4 aromatic rings. The van der Waals surface area contributed by atoms with E-state index in [0.717, 1.165) is 4.88 Å². The monoisotopic (exact) mass is 415 g/mol. The number of hydrogen-bond donors (Lipinski definition) is 2. The van der Waals surface area contributed by atoms with Crippen molar-refractivity contribution in [3.05, 3.63) is 63.0 Å². The molecule has 0 saturated heterocycles. The zero-order valence-electron chi connectivity index (χ0n) is 14.6. The number of carbonyl (C=O) groups excluding carboxylic acids is 1. The number of hydrogen-bond acceptors (Lipinski definition) is 6. The first-order valence-corrected chi connectivity index (χ1v) is 9.45. The van der Waals surface area contributed by atoms with Gasteiger partial charge in [0, 0.05) is 5.69 Å². The van der Waals surface area contributed by atoms with Gasteiger partial charge in [-0.1, -0.05) is 17.7 Å². The van der Waals surface area contributed by atoms with Crippen LogP contribution in [-0.2, 0) is 11.2 Å². The summed E-state index contributed by atoms with van der Waals surface area (Å²) >= 11 is 7.59. The summed E-state index contributed by atoms with van der Waals surface area (Å²) < 4.78 is 6.49. The van der Waals surface area contributed by atoms with E-state index in [1.807, 2.05) is 17.5 Å². The first kappa shape index (κ1) is 18.2. The topological polar surface area (TPSA) is 101 Å². The SMILES string of the molecule is COc1ccc(NC(=O)Cc2n[nH]c(=O)c3cc(-c4cccs4)nn23)cc1Cl. The number of nitrogens with one attached hydrogen (secondary N) is 2. The molecule has 2 N–H and O–H groups in total. The van der Waals surface area contributed by atoms with Crippen molar-refractivity contribution in [1.29, 1.82) is 0 Å². The van der Waals surface area contributed by atoms with Gasteiger partial charge in [-0.3, -0.25) is 9.59 Å². The second kappa shape index (κ2) is 7.45. The summed E-state index contributed by atoms with van der Waals surface area (Å²) in [5, 5.41) is 15.9. The van der Waals surface area contributed by atoms with Crippen LogP contribution >= 0.6 is 22.9 Å². The number of fused-ring (bicyclic) bond motifs is 1. The molecule has 10 heteroatoms. The Bertz CT molecular complexity index is 1220. The van der Waals surface area contributed by atoms with Gasteiger partial charge in [-0.25, -0.2) is 9.61 Å². The molecule has 0 fully saturated rings. The molecular formula is C18H14ClN5O3S. The predicted octanol–water partition coefficient (Wildman–Crippen LogP) is 2.99. The van der Waals surface area contributed by atoms with Gasteiger partial charge >= 0.3 is 0 Å². The van der Waals surface area contributed by atoms with E-state index < -0.39 is 0 Å². The molecule has 0 bridgehead atoms. The van der Waals surface area contributed by atoms with Crippen LogP contribution in [0.1, 0.15) is 5.82 Å². The van der Waals surface area contributed by atoms with E-state index in [9.17, 15) is 9.59 Å². The van der Waals surface area contributed by atoms with Crippen LogP contribution in [0.3, 0.4) is 0 Å². The highest BCUT2D eigenvalue weighted by molar-refractivity contribution is 7.13. The molecule has 0 aliphatic heterocycles. The zero-order valence-corrected chi connectivity index (χ0v) is 16.2. The summed E-state index contributed by atoms with van der Waals surface area (Å²) in [6, 6.07) is 10.4. The van der Waals surface area contributed by atoms with Crippen molar-refractivity contribution in [1.82, 2.24) is 19.8 Å². The van der Waals surface area contributed by atoms with E-state index in [2.05, 4.69) is 20.6 Å². The number of halogens is 1. The average molecular weight is 416 g/mol. The van der Waals surface area contributed by atoms with Gasteiger partial charge in [0.05, 0.1) is 23.4 Å². The molecular weight excluding hydrogens is 402 g/mol. The molecule has 1 aromatic carbocycles. The fourth-order valence-electron chi connectivity index (χ4n) is 2.71. The smallest absolute Gasteiger partial charge is 0.290 e. The van der Waals surface area contributed by atoms with Crippen LogP contribution in [-0.4, -0.2) is 32.8 Å². The Morgan fingerprint density at radius 3 is 2.93 bits per heavy atom. The number of ether oxygens (including phenoxy) is 1. The van der Waals surface area contributed by atoms with E-state index in [-0.39, 0.29) is 17.9 Å². The molecule has 0 saturated carbocycles. The van der Waals surface area contributed by atoms with Crippen LogP contribution in [0.2, 0.25) is 5.02 Å². The van der Waals surface area contributed by atoms with Gasteiger partial charge in [-0.2, -0.15) is 10.2 Å². The van der Waals surface area contributed by atoms with Crippen molar-refractivity contribution >= 4 is 40.0 Å². The van der Waals surface area contributed by atoms with Gasteiger partial charge in [0.15, 0.2) is 5.82 Å². The Labute approximate surface area is 167 Å². The Hall–Kier alpha value is -3.17. The van der Waals surface area contributed by atoms with Crippen LogP contribution in [0.4, 0.5) is 5.69 Å². The maximum absolute atomic E-state index is 12.5. The van der Waals surface area contributed by atoms with Gasteiger partial charge in [0.1, 0.15) is 17.0 Å². The van der Waals surface area contributed by atoms with E-state index in [0.29, 0.717) is 33.5 Å². The molecule has 0 aliphatic carbocycles. The molecule has 0 aliphatic rings. The number of thiophene rings is 1. The number of rotatable bonds is 5. The summed E-state index contributed by atoms with van der Waals surface area (Å²) in [6.45, 7) is 0. The number of amides is 1. The first-order valence-electron chi connectivity index (χ1n) is 8.20. The quantitative estimate of drug-likeness (QED) is 0.521. The normalized spacial score (nSPS) is 10.9. The van der Waals surface area contributed by atoms with Crippen LogP contribution in [0.5, 0.6) is 5.75 Å². The van der Waals surface area contributed by atoms with Crippen LogP contribution in [0.25, 0.3) is 16.1 Å². The number of methoxy groups -OCH3 is 1. The minimum absolute atomic E-state index is 0.0809. The molecule has 0 atom stereocenters. The fourth-order valence-corrected chi connectivity index (χ4v) is 3.65. The number of aromatic amines is 1. The van der Waals surface area contributed by atoms with Crippen LogP contribution in [0.15, 0.2) is 46.6 Å². The molecule has 28 heavy (non-hydrogen) atoms. The van der Waals surface area contributed by atoms with Crippen LogP contribution < -0.4 is 15.6 Å². The van der Waals surface area contributed by atoms with Gasteiger partial charge < -0.3 is 10.1 Å². The lowest BCUT2D eigenvalue weighted by atomic mass is 10.3. The van der Waals surface area contributed by atoms with Crippen LogP contribution in [0, 0.1) is 0 Å². The second-order valence-corrected chi connectivity index (χ2v) is 7.20. The molecule has 4 rings (SSSR count). The largest absolute Gasteiger partial charge is 0.495 e. The van der Waals surface area contributed by atoms with Crippen molar-refractivity contribution in [2.24, 2.45) is 0 Å². The number of benzene rings is 1. The summed E-state index contributed by atoms with van der Waals surface area (Å²) in [5.41, 5.74) is 1.13. The standard InChI is InChI=1S/C18H14ClN5O3S/c1-27-14-5-4-10(7-11(14)19)20-17(25)9-16-21-22-18(26)13-8-12(23-24(13)16)15-3-2-6-28-15/h2-8H,9H2,1H3,(H,20,25)(H,22,26). The number of H-pyrrole nitrogens is 1. The van der Waals surface area contributed by atoms with Crippen molar-refractivity contribution in [3.63, 3.8) is 0 Å². The van der Waals surface area contributed by atoms with Gasteiger partial charge in [0.25, 0.3) is 5.56 Å². The number of carbonyl (C=O) groups is 1. The third kappa shape index (κ3) is 3.49. The summed E-state index contributed by atoms with van der Waals surface area (Å²) in [7, 11) is 1.51. The van der Waals surface area contributed by atoms with E-state index in [1.54, 1.807) is 24.3 Å². The minimum atomic E-state index is -0.374. The highest BCUT2D eigenvalue weighted by Gasteiger charge is 2.15. The molecule has 1 amide bonds. The predicted molar refractivity (Wildman–Crippen MR) is 107 cm³/mol. The molecule has 8 nitrogen and oxygen atoms in total. The Kier molecular flexibility index (Phi) is 4.84. The fraction of sp³-hybridized carbons (Fsp3) is 0.111. The van der Waals surface area contributed by atoms with Gasteiger partial charge in [-0.05, 0) is 35.7 Å². The van der Waals surface area contributed by atoms with E-state index >= 15 is 0 Å². The molecule has 0 spiro atoms. The highest BCUT2D eigenvalue weighted by atomic mass is 35.5. The van der Waals surface area contributed by atoms with Crippen molar-refractivity contribution in [2.75, 3.05) is 12.4 Å². The van der Waals surface area contributed by atoms with E-state index in [4.69, 9.17) is 16.3 Å². The minimum Gasteiger partial charge on any atom is -0.495 e. The molecule has 3 heterocycles. The number of aromatic nitrogens is 4. The average Bonchev–Trinajstić information content (AvgIpc) is 3.34. The number of nitrogens with zero attached hydrogens (tertiary/aromatic N) is 3. The molecule has 142 valence electrons. The Balaban J connectivity index is 1.60. The lowest BCUT2D eigenvalue weighted by molar-refractivity contribution is -0.115. The second-order valence-electron chi connectivity index (χ2n) is 5.85. The molecule has 3 aromatic heterocycles. The van der Waals surface area contributed by atoms with Crippen molar-refractivity contribution < 1.29 is 9.53 Å². The summed E-state index contributed by atoms with van der Waals surface area (Å²) in [4.78, 5) is 25.5. The number of anilines is 1. The molecule has 0 radical (unpaired) electrons. The van der Waals surface area contributed by atoms with E-state index in [1.165, 1.54) is 23.0 Å². The lowest BCUT2D eigenvalue weighted by Gasteiger charge is -2.08. The third-order valence-corrected chi connectivity index (χ3v) is 5.19. The summed E-state index contributed by atoms with van der Waals surface area (Å²) in [5.74, 6) is 0.506. The summed E-state index contributed by atoms with van der Waals surface area (Å²) in [6.07, 6.45) is -0.0809. The third-order valence-electron chi connectivity index (χ3n) is 4.00. The Morgan fingerprint density at radius 1 is 1.36 bits per heavy atom. The highest BCUT2D eigenvalue weighted by Crippen LogP contribution is 2.27. The maximum atomic E-state index is 12.5. The van der Waals surface area contributed by atoms with Gasteiger partial charge in [-0.15, -0.1) is 11.3 Å².